The van der Waals surface area contributed by atoms with E-state index in [4.69, 9.17) is 23.2 Å². The van der Waals surface area contributed by atoms with E-state index in [1.165, 1.54) is 6.07 Å². The Hall–Kier alpha value is -1.23. The quantitative estimate of drug-likeness (QED) is 0.908. The lowest BCUT2D eigenvalue weighted by atomic mass is 10.2. The highest BCUT2D eigenvalue weighted by atomic mass is 35.5. The van der Waals surface area contributed by atoms with Crippen molar-refractivity contribution in [2.75, 3.05) is 0 Å². The van der Waals surface area contributed by atoms with E-state index in [0.29, 0.717) is 23.7 Å². The van der Waals surface area contributed by atoms with Crippen LogP contribution in [0.2, 0.25) is 10.0 Å². The van der Waals surface area contributed by atoms with Gasteiger partial charge in [-0.25, -0.2) is 4.98 Å². The average Bonchev–Trinajstić information content (AvgIpc) is 2.71. The second-order valence-electron chi connectivity index (χ2n) is 3.95. The van der Waals surface area contributed by atoms with Crippen molar-refractivity contribution in [1.82, 2.24) is 14.9 Å². The molecule has 96 valence electrons. The van der Waals surface area contributed by atoms with Crippen molar-refractivity contribution >= 4 is 23.2 Å². The van der Waals surface area contributed by atoms with Gasteiger partial charge in [-0.05, 0) is 12.1 Å². The van der Waals surface area contributed by atoms with Gasteiger partial charge >= 0.3 is 0 Å². The molecule has 0 aliphatic heterocycles. The van der Waals surface area contributed by atoms with Crippen LogP contribution in [0.5, 0.6) is 5.75 Å². The Labute approximate surface area is 115 Å². The number of benzene rings is 1. The summed E-state index contributed by atoms with van der Waals surface area (Å²) < 4.78 is 1.93. The fourth-order valence-electron chi connectivity index (χ4n) is 1.63. The number of phenols is 1. The lowest BCUT2D eigenvalue weighted by molar-refractivity contribution is 0.464. The van der Waals surface area contributed by atoms with Crippen molar-refractivity contribution in [2.24, 2.45) is 7.05 Å². The van der Waals surface area contributed by atoms with Gasteiger partial charge in [-0.15, -0.1) is 0 Å². The molecule has 2 aromatic rings. The molecule has 0 saturated heterocycles. The third-order valence-electron chi connectivity index (χ3n) is 2.63. The van der Waals surface area contributed by atoms with Gasteiger partial charge in [0.15, 0.2) is 0 Å². The van der Waals surface area contributed by atoms with E-state index in [0.717, 1.165) is 5.82 Å². The summed E-state index contributed by atoms with van der Waals surface area (Å²) in [5.74, 6) is 0.982. The van der Waals surface area contributed by atoms with Gasteiger partial charge < -0.3 is 15.0 Å². The molecular weight excluding hydrogens is 273 g/mol. The van der Waals surface area contributed by atoms with Crippen molar-refractivity contribution in [3.63, 3.8) is 0 Å². The first kappa shape index (κ1) is 13.2. The van der Waals surface area contributed by atoms with Gasteiger partial charge in [0.1, 0.15) is 11.6 Å². The predicted molar refractivity (Wildman–Crippen MR) is 71.9 cm³/mol. The fraction of sp³-hybridized carbons (Fsp3) is 0.250. The predicted octanol–water partition coefficient (Wildman–Crippen LogP) is 2.72. The minimum atomic E-state index is 0.0633. The molecule has 0 aliphatic carbocycles. The monoisotopic (exact) mass is 285 g/mol. The Balaban J connectivity index is 2.01. The number of imidazole rings is 1. The summed E-state index contributed by atoms with van der Waals surface area (Å²) >= 11 is 11.7. The number of aromatic nitrogens is 2. The topological polar surface area (TPSA) is 50.1 Å². The molecule has 4 nitrogen and oxygen atoms in total. The minimum absolute atomic E-state index is 0.0633. The summed E-state index contributed by atoms with van der Waals surface area (Å²) in [6.45, 7) is 1.08. The number of hydrogen-bond acceptors (Lipinski definition) is 3. The van der Waals surface area contributed by atoms with Crippen molar-refractivity contribution in [3.8, 4) is 5.75 Å². The molecule has 0 unspecified atom stereocenters. The molecule has 1 aromatic carbocycles. The highest BCUT2D eigenvalue weighted by molar-refractivity contribution is 6.35. The maximum atomic E-state index is 9.78. The molecule has 0 atom stereocenters. The van der Waals surface area contributed by atoms with Crippen LogP contribution in [0.3, 0.4) is 0 Å². The average molecular weight is 286 g/mol. The maximum absolute atomic E-state index is 9.78. The van der Waals surface area contributed by atoms with Crippen molar-refractivity contribution < 1.29 is 5.11 Å². The van der Waals surface area contributed by atoms with E-state index in [1.807, 2.05) is 17.8 Å². The van der Waals surface area contributed by atoms with Crippen LogP contribution < -0.4 is 5.32 Å². The van der Waals surface area contributed by atoms with E-state index >= 15 is 0 Å². The normalized spacial score (nSPS) is 10.8. The molecule has 1 aromatic heterocycles. The first-order valence-corrected chi connectivity index (χ1v) is 6.17. The minimum Gasteiger partial charge on any atom is -0.506 e. The molecule has 2 N–H and O–H groups in total. The number of aromatic hydroxyl groups is 1. The second-order valence-corrected chi connectivity index (χ2v) is 4.80. The van der Waals surface area contributed by atoms with E-state index in [9.17, 15) is 5.11 Å². The zero-order valence-corrected chi connectivity index (χ0v) is 11.3. The number of aryl methyl sites for hydroxylation is 1. The smallest absolute Gasteiger partial charge is 0.138 e. The Morgan fingerprint density at radius 1 is 1.33 bits per heavy atom. The van der Waals surface area contributed by atoms with Crippen LogP contribution >= 0.6 is 23.2 Å². The molecule has 0 fully saturated rings. The lowest BCUT2D eigenvalue weighted by Crippen LogP contribution is -2.15. The second kappa shape index (κ2) is 5.61. The molecule has 1 heterocycles. The third kappa shape index (κ3) is 2.96. The standard InChI is InChI=1S/C12H13Cl2N3O/c1-17-3-2-16-11(17)7-15-6-8-4-9(13)5-10(14)12(8)18/h2-5,15,18H,6-7H2,1H3. The van der Waals surface area contributed by atoms with Gasteiger partial charge in [-0.2, -0.15) is 0 Å². The van der Waals surface area contributed by atoms with Crippen molar-refractivity contribution in [3.05, 3.63) is 46.0 Å². The van der Waals surface area contributed by atoms with Crippen molar-refractivity contribution in [1.29, 1.82) is 0 Å². The molecule has 6 heteroatoms. The van der Waals surface area contributed by atoms with Crippen LogP contribution in [0.1, 0.15) is 11.4 Å². The summed E-state index contributed by atoms with van der Waals surface area (Å²) in [6, 6.07) is 3.20. The van der Waals surface area contributed by atoms with Crippen LogP contribution in [0.4, 0.5) is 0 Å². The largest absolute Gasteiger partial charge is 0.506 e. The Morgan fingerprint density at radius 3 is 2.78 bits per heavy atom. The highest BCUT2D eigenvalue weighted by Gasteiger charge is 2.08. The summed E-state index contributed by atoms with van der Waals surface area (Å²) in [5, 5.41) is 13.7. The first-order chi connectivity index (χ1) is 8.58. The zero-order chi connectivity index (χ0) is 13.1. The van der Waals surface area contributed by atoms with E-state index in [1.54, 1.807) is 12.3 Å². The first-order valence-electron chi connectivity index (χ1n) is 5.41. The van der Waals surface area contributed by atoms with Gasteiger partial charge in [0.2, 0.25) is 0 Å². The van der Waals surface area contributed by atoms with Crippen LogP contribution in [-0.2, 0) is 20.1 Å². The van der Waals surface area contributed by atoms with Crippen LogP contribution in [-0.4, -0.2) is 14.7 Å². The number of hydrogen-bond donors (Lipinski definition) is 2. The van der Waals surface area contributed by atoms with Crippen LogP contribution in [0.15, 0.2) is 24.5 Å². The molecule has 2 rings (SSSR count). The van der Waals surface area contributed by atoms with E-state index in [2.05, 4.69) is 10.3 Å². The van der Waals surface area contributed by atoms with Gasteiger partial charge in [-0.1, -0.05) is 23.2 Å². The van der Waals surface area contributed by atoms with E-state index in [-0.39, 0.29) is 10.8 Å². The Bertz CT molecular complexity index is 554. The maximum Gasteiger partial charge on any atom is 0.138 e. The SMILES string of the molecule is Cn1ccnc1CNCc1cc(Cl)cc(Cl)c1O. The number of rotatable bonds is 4. The van der Waals surface area contributed by atoms with Gasteiger partial charge in [0.25, 0.3) is 0 Å². The summed E-state index contributed by atoms with van der Waals surface area (Å²) in [7, 11) is 1.93. The molecule has 0 spiro atoms. The third-order valence-corrected chi connectivity index (χ3v) is 3.13. The molecule has 0 bridgehead atoms. The van der Waals surface area contributed by atoms with Crippen molar-refractivity contribution in [2.45, 2.75) is 13.1 Å². The Kier molecular flexibility index (Phi) is 4.11. The number of halogens is 2. The van der Waals surface area contributed by atoms with Crippen LogP contribution in [0, 0.1) is 0 Å². The van der Waals surface area contributed by atoms with Gasteiger partial charge in [-0.3, -0.25) is 0 Å². The fourth-order valence-corrected chi connectivity index (χ4v) is 2.17. The molecule has 0 radical (unpaired) electrons. The number of phenolic OH excluding ortho intramolecular Hbond substituents is 1. The molecule has 0 saturated carbocycles. The lowest BCUT2D eigenvalue weighted by Gasteiger charge is -2.08. The Morgan fingerprint density at radius 2 is 2.11 bits per heavy atom. The van der Waals surface area contributed by atoms with Gasteiger partial charge in [0.05, 0.1) is 11.6 Å². The molecule has 18 heavy (non-hydrogen) atoms. The molecule has 0 amide bonds. The zero-order valence-electron chi connectivity index (χ0n) is 9.82. The summed E-state index contributed by atoms with van der Waals surface area (Å²) in [5.41, 5.74) is 0.668. The number of nitrogens with zero attached hydrogens (tertiary/aromatic N) is 2. The number of nitrogens with one attached hydrogen (secondary N) is 1. The summed E-state index contributed by atoms with van der Waals surface area (Å²) in [6.07, 6.45) is 3.62. The molecular formula is C12H13Cl2N3O. The van der Waals surface area contributed by atoms with Crippen LogP contribution in [0.25, 0.3) is 0 Å². The van der Waals surface area contributed by atoms with Gasteiger partial charge in [0, 0.05) is 36.6 Å². The molecule has 0 aliphatic rings. The summed E-state index contributed by atoms with van der Waals surface area (Å²) in [4.78, 5) is 4.19. The van der Waals surface area contributed by atoms with E-state index < -0.39 is 0 Å². The highest BCUT2D eigenvalue weighted by Crippen LogP contribution is 2.30.